The standard InChI is InChI=1S/C17H11ClO/c18-17-10-4-9-15(16(17)11-19)14-8-3-6-12-5-1-2-7-13(12)14/h1-11H. The Morgan fingerprint density at radius 3 is 2.32 bits per heavy atom. The van der Waals surface area contributed by atoms with E-state index >= 15 is 0 Å². The zero-order valence-electron chi connectivity index (χ0n) is 10.1. The molecule has 2 heteroatoms. The molecule has 0 saturated heterocycles. The van der Waals surface area contributed by atoms with Crippen molar-refractivity contribution in [3.8, 4) is 11.1 Å². The van der Waals surface area contributed by atoms with Crippen molar-refractivity contribution in [1.29, 1.82) is 0 Å². The third-order valence-electron chi connectivity index (χ3n) is 3.25. The first-order chi connectivity index (χ1) is 9.31. The molecule has 0 amide bonds. The number of halogens is 1. The summed E-state index contributed by atoms with van der Waals surface area (Å²) in [6, 6.07) is 19.7. The molecule has 1 nitrogen and oxygen atoms in total. The second kappa shape index (κ2) is 4.87. The van der Waals surface area contributed by atoms with Crippen LogP contribution in [0.1, 0.15) is 10.4 Å². The van der Waals surface area contributed by atoms with Crippen molar-refractivity contribution in [2.24, 2.45) is 0 Å². The number of carbonyl (C=O) groups is 1. The summed E-state index contributed by atoms with van der Waals surface area (Å²) in [6.45, 7) is 0. The molecule has 0 heterocycles. The van der Waals surface area contributed by atoms with E-state index in [1.807, 2.05) is 36.4 Å². The monoisotopic (exact) mass is 266 g/mol. The molecule has 0 aliphatic rings. The molecule has 3 aromatic carbocycles. The van der Waals surface area contributed by atoms with Crippen LogP contribution in [0.3, 0.4) is 0 Å². The van der Waals surface area contributed by atoms with Gasteiger partial charge in [-0.1, -0.05) is 66.2 Å². The Hall–Kier alpha value is -2.12. The van der Waals surface area contributed by atoms with E-state index in [0.29, 0.717) is 10.6 Å². The third-order valence-corrected chi connectivity index (χ3v) is 3.58. The van der Waals surface area contributed by atoms with Gasteiger partial charge in [-0.15, -0.1) is 0 Å². The second-order valence-electron chi connectivity index (χ2n) is 4.35. The average molecular weight is 267 g/mol. The number of carbonyl (C=O) groups excluding carboxylic acids is 1. The lowest BCUT2D eigenvalue weighted by molar-refractivity contribution is 0.112. The summed E-state index contributed by atoms with van der Waals surface area (Å²) < 4.78 is 0. The Bertz CT molecular complexity index is 757. The van der Waals surface area contributed by atoms with Gasteiger partial charge in [0.25, 0.3) is 0 Å². The maximum absolute atomic E-state index is 11.3. The molecule has 3 aromatic rings. The van der Waals surface area contributed by atoms with Crippen molar-refractivity contribution in [1.82, 2.24) is 0 Å². The van der Waals surface area contributed by atoms with E-state index < -0.39 is 0 Å². The smallest absolute Gasteiger partial charge is 0.152 e. The van der Waals surface area contributed by atoms with E-state index in [4.69, 9.17) is 11.6 Å². The molecular formula is C17H11ClO. The van der Waals surface area contributed by atoms with Crippen LogP contribution in [0.2, 0.25) is 5.02 Å². The Morgan fingerprint density at radius 1 is 0.789 bits per heavy atom. The van der Waals surface area contributed by atoms with Gasteiger partial charge >= 0.3 is 0 Å². The van der Waals surface area contributed by atoms with Crippen LogP contribution in [0.4, 0.5) is 0 Å². The van der Waals surface area contributed by atoms with Gasteiger partial charge in [0.15, 0.2) is 6.29 Å². The van der Waals surface area contributed by atoms with Crippen LogP contribution >= 0.6 is 11.6 Å². The first-order valence-electron chi connectivity index (χ1n) is 6.03. The molecule has 0 aliphatic carbocycles. The van der Waals surface area contributed by atoms with Crippen molar-refractivity contribution < 1.29 is 4.79 Å². The van der Waals surface area contributed by atoms with Gasteiger partial charge < -0.3 is 0 Å². The number of fused-ring (bicyclic) bond motifs is 1. The predicted octanol–water partition coefficient (Wildman–Crippen LogP) is 4.97. The van der Waals surface area contributed by atoms with Crippen LogP contribution in [0.15, 0.2) is 60.7 Å². The van der Waals surface area contributed by atoms with Crippen molar-refractivity contribution >= 4 is 28.7 Å². The number of benzene rings is 3. The molecule has 0 N–H and O–H groups in total. The molecule has 92 valence electrons. The van der Waals surface area contributed by atoms with Crippen molar-refractivity contribution in [2.45, 2.75) is 0 Å². The van der Waals surface area contributed by atoms with Crippen LogP contribution in [0.25, 0.3) is 21.9 Å². The van der Waals surface area contributed by atoms with Crippen molar-refractivity contribution in [2.75, 3.05) is 0 Å². The summed E-state index contributed by atoms with van der Waals surface area (Å²) in [5.41, 5.74) is 2.45. The van der Waals surface area contributed by atoms with Crippen LogP contribution in [0, 0.1) is 0 Å². The van der Waals surface area contributed by atoms with Gasteiger partial charge in [-0.25, -0.2) is 0 Å². The van der Waals surface area contributed by atoms with E-state index in [1.54, 1.807) is 6.07 Å². The van der Waals surface area contributed by atoms with Gasteiger partial charge in [0.05, 0.1) is 5.02 Å². The van der Waals surface area contributed by atoms with Gasteiger partial charge in [0.1, 0.15) is 0 Å². The van der Waals surface area contributed by atoms with Crippen LogP contribution in [-0.4, -0.2) is 6.29 Å². The molecule has 0 spiro atoms. The van der Waals surface area contributed by atoms with Gasteiger partial charge in [0.2, 0.25) is 0 Å². The zero-order valence-corrected chi connectivity index (χ0v) is 10.9. The minimum Gasteiger partial charge on any atom is -0.298 e. The zero-order chi connectivity index (χ0) is 13.2. The Labute approximate surface area is 116 Å². The third kappa shape index (κ3) is 2.02. The lowest BCUT2D eigenvalue weighted by atomic mass is 9.95. The lowest BCUT2D eigenvalue weighted by Gasteiger charge is -2.10. The van der Waals surface area contributed by atoms with Gasteiger partial charge in [-0.2, -0.15) is 0 Å². The highest BCUT2D eigenvalue weighted by molar-refractivity contribution is 6.33. The highest BCUT2D eigenvalue weighted by Gasteiger charge is 2.10. The lowest BCUT2D eigenvalue weighted by Crippen LogP contribution is -1.90. The first kappa shape index (κ1) is 11.9. The van der Waals surface area contributed by atoms with E-state index in [1.165, 1.54) is 0 Å². The summed E-state index contributed by atoms with van der Waals surface area (Å²) in [5.74, 6) is 0. The second-order valence-corrected chi connectivity index (χ2v) is 4.75. The fourth-order valence-corrected chi connectivity index (χ4v) is 2.57. The number of rotatable bonds is 2. The minimum absolute atomic E-state index is 0.487. The molecule has 19 heavy (non-hydrogen) atoms. The quantitative estimate of drug-likeness (QED) is 0.598. The first-order valence-corrected chi connectivity index (χ1v) is 6.41. The molecule has 0 bridgehead atoms. The molecule has 0 saturated carbocycles. The fourth-order valence-electron chi connectivity index (χ4n) is 2.35. The summed E-state index contributed by atoms with van der Waals surface area (Å²) in [4.78, 5) is 11.3. The summed E-state index contributed by atoms with van der Waals surface area (Å²) in [6.07, 6.45) is 0.819. The molecule has 0 aliphatic heterocycles. The van der Waals surface area contributed by atoms with Crippen LogP contribution in [-0.2, 0) is 0 Å². The highest BCUT2D eigenvalue weighted by atomic mass is 35.5. The normalized spacial score (nSPS) is 10.6. The molecule has 0 radical (unpaired) electrons. The highest BCUT2D eigenvalue weighted by Crippen LogP contribution is 2.32. The van der Waals surface area contributed by atoms with Gasteiger partial charge in [0, 0.05) is 5.56 Å². The predicted molar refractivity (Wildman–Crippen MR) is 79.8 cm³/mol. The van der Waals surface area contributed by atoms with Gasteiger partial charge in [-0.05, 0) is 28.0 Å². The topological polar surface area (TPSA) is 17.1 Å². The maximum Gasteiger partial charge on any atom is 0.152 e. The Morgan fingerprint density at radius 2 is 1.47 bits per heavy atom. The average Bonchev–Trinajstić information content (AvgIpc) is 2.46. The number of aldehydes is 1. The van der Waals surface area contributed by atoms with Crippen molar-refractivity contribution in [3.63, 3.8) is 0 Å². The SMILES string of the molecule is O=Cc1c(Cl)cccc1-c1cccc2ccccc12. The van der Waals surface area contributed by atoms with E-state index in [0.717, 1.165) is 28.2 Å². The number of hydrogen-bond donors (Lipinski definition) is 0. The molecule has 0 unspecified atom stereocenters. The molecule has 3 rings (SSSR count). The minimum atomic E-state index is 0.487. The molecule has 0 fully saturated rings. The van der Waals surface area contributed by atoms with E-state index in [2.05, 4.69) is 18.2 Å². The molecule has 0 aromatic heterocycles. The molecule has 0 atom stereocenters. The summed E-state index contributed by atoms with van der Waals surface area (Å²) in [7, 11) is 0. The maximum atomic E-state index is 11.3. The number of hydrogen-bond acceptors (Lipinski definition) is 1. The summed E-state index contributed by atoms with van der Waals surface area (Å²) >= 11 is 6.10. The largest absolute Gasteiger partial charge is 0.298 e. The fraction of sp³-hybridized carbons (Fsp3) is 0. The van der Waals surface area contributed by atoms with Crippen LogP contribution < -0.4 is 0 Å². The Balaban J connectivity index is 2.37. The van der Waals surface area contributed by atoms with E-state index in [-0.39, 0.29) is 0 Å². The van der Waals surface area contributed by atoms with Crippen molar-refractivity contribution in [3.05, 3.63) is 71.2 Å². The van der Waals surface area contributed by atoms with E-state index in [9.17, 15) is 4.79 Å². The van der Waals surface area contributed by atoms with Gasteiger partial charge in [-0.3, -0.25) is 4.79 Å². The summed E-state index contributed by atoms with van der Waals surface area (Å²) in [5, 5.41) is 2.76. The molecular weight excluding hydrogens is 256 g/mol. The van der Waals surface area contributed by atoms with Crippen LogP contribution in [0.5, 0.6) is 0 Å². The Kier molecular flexibility index (Phi) is 3.06.